The average Bonchev–Trinajstić information content (AvgIpc) is 2.29. The van der Waals surface area contributed by atoms with Crippen molar-refractivity contribution in [2.24, 2.45) is 0 Å². The van der Waals surface area contributed by atoms with Crippen molar-refractivity contribution >= 4 is 51.1 Å². The zero-order valence-corrected chi connectivity index (χ0v) is 13.0. The van der Waals surface area contributed by atoms with E-state index >= 15 is 0 Å². The Kier molecular flexibility index (Phi) is 12.8. The summed E-state index contributed by atoms with van der Waals surface area (Å²) in [6.07, 6.45) is 0. The summed E-state index contributed by atoms with van der Waals surface area (Å²) in [4.78, 5) is 0. The highest BCUT2D eigenvalue weighted by atomic mass is 33.8. The first-order valence-electron chi connectivity index (χ1n) is 4.98. The van der Waals surface area contributed by atoms with Crippen LogP contribution in [0.1, 0.15) is 0 Å². The molecule has 0 aliphatic carbocycles. The second kappa shape index (κ2) is 13.1. The van der Waals surface area contributed by atoms with Gasteiger partial charge in [-0.15, -0.1) is 0 Å². The number of hydrogen-bond acceptors (Lipinski definition) is 8. The van der Waals surface area contributed by atoms with Gasteiger partial charge < -0.3 is 14.2 Å². The Hall–Kier alpha value is 1.63. The molecule has 3 nitrogen and oxygen atoms in total. The topological polar surface area (TPSA) is 27.7 Å². The monoisotopic (exact) mass is 320 g/mol. The van der Waals surface area contributed by atoms with E-state index in [0.29, 0.717) is 26.4 Å². The van der Waals surface area contributed by atoms with E-state index in [9.17, 15) is 0 Å². The van der Waals surface area contributed by atoms with Crippen molar-refractivity contribution < 1.29 is 14.2 Å². The molecular formula is C8H16O3S5. The summed E-state index contributed by atoms with van der Waals surface area (Å²) in [5.74, 6) is 2.07. The van der Waals surface area contributed by atoms with Gasteiger partial charge in [-0.1, -0.05) is 21.6 Å². The molecule has 0 aromatic carbocycles. The highest BCUT2D eigenvalue weighted by Crippen LogP contribution is 2.48. The van der Waals surface area contributed by atoms with E-state index in [4.69, 9.17) is 14.2 Å². The first-order valence-corrected chi connectivity index (χ1v) is 11.5. The van der Waals surface area contributed by atoms with Gasteiger partial charge in [-0.2, -0.15) is 0 Å². The van der Waals surface area contributed by atoms with E-state index in [1.807, 2.05) is 51.1 Å². The van der Waals surface area contributed by atoms with Gasteiger partial charge in [0.2, 0.25) is 0 Å². The lowest BCUT2D eigenvalue weighted by Crippen LogP contribution is -2.11. The molecule has 0 aromatic heterocycles. The minimum absolute atomic E-state index is 0.667. The van der Waals surface area contributed by atoms with E-state index in [-0.39, 0.29) is 0 Å². The molecule has 1 fully saturated rings. The molecule has 1 rings (SSSR count). The Morgan fingerprint density at radius 1 is 0.500 bits per heavy atom. The van der Waals surface area contributed by atoms with Crippen molar-refractivity contribution in [2.75, 3.05) is 51.1 Å². The van der Waals surface area contributed by atoms with Crippen LogP contribution in [0.2, 0.25) is 0 Å². The van der Waals surface area contributed by atoms with Crippen LogP contribution >= 0.6 is 51.1 Å². The fraction of sp³-hybridized carbons (Fsp3) is 1.00. The zero-order chi connectivity index (χ0) is 11.3. The Labute approximate surface area is 116 Å². The predicted octanol–water partition coefficient (Wildman–Crippen LogP) is 3.38. The van der Waals surface area contributed by atoms with Crippen LogP contribution in [0.25, 0.3) is 0 Å². The summed E-state index contributed by atoms with van der Waals surface area (Å²) in [6, 6.07) is 0. The van der Waals surface area contributed by atoms with Gasteiger partial charge in [0.1, 0.15) is 0 Å². The summed E-state index contributed by atoms with van der Waals surface area (Å²) in [6.45, 7) is 4.30. The van der Waals surface area contributed by atoms with Gasteiger partial charge in [-0.25, -0.2) is 0 Å². The van der Waals surface area contributed by atoms with E-state index in [1.165, 1.54) is 0 Å². The summed E-state index contributed by atoms with van der Waals surface area (Å²) in [5.41, 5.74) is 0. The van der Waals surface area contributed by atoms with Crippen LogP contribution in [-0.2, 0) is 14.2 Å². The molecule has 0 amide bonds. The SMILES string of the molecule is C1COCCSSSSSCCOCCO1. The maximum atomic E-state index is 5.41. The molecule has 0 N–H and O–H groups in total. The van der Waals surface area contributed by atoms with Gasteiger partial charge in [0.25, 0.3) is 0 Å². The predicted molar refractivity (Wildman–Crippen MR) is 80.1 cm³/mol. The minimum atomic E-state index is 0.667. The Morgan fingerprint density at radius 3 is 1.44 bits per heavy atom. The molecule has 1 heterocycles. The van der Waals surface area contributed by atoms with Crippen LogP contribution in [0.15, 0.2) is 0 Å². The molecule has 0 spiro atoms. The van der Waals surface area contributed by atoms with Crippen molar-refractivity contribution in [3.05, 3.63) is 0 Å². The van der Waals surface area contributed by atoms with Gasteiger partial charge in [0.15, 0.2) is 0 Å². The Balaban J connectivity index is 2.00. The smallest absolute Gasteiger partial charge is 0.0701 e. The molecule has 96 valence electrons. The quantitative estimate of drug-likeness (QED) is 0.627. The average molecular weight is 321 g/mol. The Morgan fingerprint density at radius 2 is 0.938 bits per heavy atom. The second-order valence-corrected chi connectivity index (χ2v) is 10.7. The van der Waals surface area contributed by atoms with Crippen molar-refractivity contribution in [1.29, 1.82) is 0 Å². The largest absolute Gasteiger partial charge is 0.378 e. The summed E-state index contributed by atoms with van der Waals surface area (Å²) >= 11 is 0. The first-order chi connectivity index (χ1) is 8.00. The number of ether oxygens (including phenoxy) is 3. The van der Waals surface area contributed by atoms with Crippen molar-refractivity contribution in [3.8, 4) is 0 Å². The van der Waals surface area contributed by atoms with Gasteiger partial charge in [-0.3, -0.25) is 0 Å². The standard InChI is InChI=1S/C8H16O3S5/c1-3-10-5-7-12-14-16-15-13-8-6-11-4-2-9-1/h1-8H2. The highest BCUT2D eigenvalue weighted by molar-refractivity contribution is 9.35. The van der Waals surface area contributed by atoms with Crippen molar-refractivity contribution in [3.63, 3.8) is 0 Å². The summed E-state index contributed by atoms with van der Waals surface area (Å²) < 4.78 is 16.2. The van der Waals surface area contributed by atoms with Crippen LogP contribution in [0.4, 0.5) is 0 Å². The lowest BCUT2D eigenvalue weighted by Gasteiger charge is -2.07. The van der Waals surface area contributed by atoms with Crippen molar-refractivity contribution in [2.45, 2.75) is 0 Å². The van der Waals surface area contributed by atoms with E-state index in [2.05, 4.69) is 0 Å². The molecule has 0 radical (unpaired) electrons. The van der Waals surface area contributed by atoms with E-state index < -0.39 is 0 Å². The molecule has 0 aromatic rings. The molecule has 16 heavy (non-hydrogen) atoms. The first kappa shape index (κ1) is 15.7. The molecule has 0 unspecified atom stereocenters. The molecule has 1 saturated heterocycles. The maximum absolute atomic E-state index is 5.41. The van der Waals surface area contributed by atoms with Gasteiger partial charge >= 0.3 is 0 Å². The normalized spacial score (nSPS) is 24.0. The fourth-order valence-corrected chi connectivity index (χ4v) is 9.28. The van der Waals surface area contributed by atoms with Crippen LogP contribution in [0.5, 0.6) is 0 Å². The number of rotatable bonds is 0. The number of hydrogen-bond donors (Lipinski definition) is 0. The molecule has 8 heteroatoms. The fourth-order valence-electron chi connectivity index (χ4n) is 0.846. The van der Waals surface area contributed by atoms with Gasteiger partial charge in [0.05, 0.1) is 39.6 Å². The molecule has 1 aliphatic heterocycles. The van der Waals surface area contributed by atoms with Crippen LogP contribution in [0, 0.1) is 0 Å². The zero-order valence-electron chi connectivity index (χ0n) is 8.92. The maximum Gasteiger partial charge on any atom is 0.0701 e. The van der Waals surface area contributed by atoms with Crippen LogP contribution < -0.4 is 0 Å². The lowest BCUT2D eigenvalue weighted by atomic mass is 10.7. The molecule has 0 atom stereocenters. The molecule has 0 bridgehead atoms. The van der Waals surface area contributed by atoms with E-state index in [0.717, 1.165) is 24.7 Å². The minimum Gasteiger partial charge on any atom is -0.378 e. The molecular weight excluding hydrogens is 304 g/mol. The molecule has 0 saturated carbocycles. The Bertz CT molecular complexity index is 87.6. The van der Waals surface area contributed by atoms with Gasteiger partial charge in [0, 0.05) is 11.5 Å². The molecule has 1 aliphatic rings. The summed E-state index contributed by atoms with van der Waals surface area (Å²) in [5, 5.41) is 0. The third-order valence-corrected chi connectivity index (χ3v) is 10.1. The van der Waals surface area contributed by atoms with Crippen molar-refractivity contribution in [1.82, 2.24) is 0 Å². The third-order valence-electron chi connectivity index (χ3n) is 1.52. The highest BCUT2D eigenvalue weighted by Gasteiger charge is 1.97. The second-order valence-electron chi connectivity index (χ2n) is 2.69. The van der Waals surface area contributed by atoms with E-state index in [1.54, 1.807) is 0 Å². The lowest BCUT2D eigenvalue weighted by molar-refractivity contribution is 0.0206. The van der Waals surface area contributed by atoms with Crippen LogP contribution in [-0.4, -0.2) is 51.1 Å². The third kappa shape index (κ3) is 10.8. The van der Waals surface area contributed by atoms with Crippen LogP contribution in [0.3, 0.4) is 0 Å². The van der Waals surface area contributed by atoms with Gasteiger partial charge in [-0.05, 0) is 29.5 Å². The summed E-state index contributed by atoms with van der Waals surface area (Å²) in [7, 11) is 9.11.